The number of hydrogen-bond acceptors (Lipinski definition) is 18. The molecule has 336 valence electrons. The van der Waals surface area contributed by atoms with Gasteiger partial charge in [0.15, 0.2) is 16.4 Å². The minimum atomic E-state index is -2.77. The van der Waals surface area contributed by atoms with Crippen LogP contribution in [0.25, 0.3) is 55.7 Å². The van der Waals surface area contributed by atoms with Crippen molar-refractivity contribution in [2.24, 2.45) is 0 Å². The number of phenolic OH excluding ortho intramolecular Hbond substituents is 2. The Balaban J connectivity index is 1.53. The number of carbonyl (C=O) groups is 2. The molecule has 19 heteroatoms. The second-order valence-corrected chi connectivity index (χ2v) is 14.8. The standard InChI is InChI=1S/C45H43NO18/c1-20(48)46-40-30(53)18-45(44(56)60-5,64-43(40)41(55)31(54)19-47)63-36-17-29(52)39-28(51)16-33(21-6-9-23(57-2)10-7-21)62-42(39)37(36)25-12-22(8-11-32(25)59-4)34-15-27(50)38-26(49)13-24(58-3)14-35(38)61-34/h6-17,30-31,40-41,43,47,49,52-55H,18-19H2,1-5H3,(H,46,48)/t30-,31-,40+,41-,43+,45+/m0/s1. The lowest BCUT2D eigenvalue weighted by atomic mass is 9.88. The first kappa shape index (κ1) is 44.9. The highest BCUT2D eigenvalue weighted by atomic mass is 16.7. The van der Waals surface area contributed by atoms with Crippen LogP contribution >= 0.6 is 0 Å². The molecule has 3 heterocycles. The van der Waals surface area contributed by atoms with Gasteiger partial charge in [-0.3, -0.25) is 14.4 Å². The summed E-state index contributed by atoms with van der Waals surface area (Å²) in [5.41, 5.74) is -1.25. The van der Waals surface area contributed by atoms with E-state index in [0.717, 1.165) is 32.2 Å². The van der Waals surface area contributed by atoms with Crippen LogP contribution in [-0.4, -0.2) is 114 Å². The van der Waals surface area contributed by atoms with Gasteiger partial charge < -0.3 is 73.2 Å². The number of nitrogens with one attached hydrogen (secondary N) is 1. The molecule has 64 heavy (non-hydrogen) atoms. The number of phenols is 2. The van der Waals surface area contributed by atoms with E-state index in [0.29, 0.717) is 11.3 Å². The monoisotopic (exact) mass is 885 g/mol. The molecule has 0 spiro atoms. The van der Waals surface area contributed by atoms with Crippen molar-refractivity contribution < 1.29 is 77.5 Å². The Morgan fingerprint density at radius 1 is 0.797 bits per heavy atom. The smallest absolute Gasteiger partial charge is 0.379 e. The molecule has 6 aromatic rings. The first-order valence-corrected chi connectivity index (χ1v) is 19.5. The molecule has 0 unspecified atom stereocenters. The lowest BCUT2D eigenvalue weighted by molar-refractivity contribution is -0.285. The van der Waals surface area contributed by atoms with Crippen LogP contribution in [0.1, 0.15) is 13.3 Å². The number of fused-ring (bicyclic) bond motifs is 2. The van der Waals surface area contributed by atoms with Crippen LogP contribution in [0, 0.1) is 0 Å². The van der Waals surface area contributed by atoms with Gasteiger partial charge in [-0.2, -0.15) is 0 Å². The predicted molar refractivity (Wildman–Crippen MR) is 225 cm³/mol. The summed E-state index contributed by atoms with van der Waals surface area (Å²) in [6.45, 7) is 0.108. The lowest BCUT2D eigenvalue weighted by Crippen LogP contribution is -2.68. The van der Waals surface area contributed by atoms with Crippen LogP contribution in [0.3, 0.4) is 0 Å². The number of ether oxygens (including phenoxy) is 6. The molecule has 0 saturated carbocycles. The Bertz CT molecular complexity index is 2870. The highest BCUT2D eigenvalue weighted by Gasteiger charge is 2.57. The number of aromatic hydroxyl groups is 2. The van der Waals surface area contributed by atoms with Crippen LogP contribution < -0.4 is 35.1 Å². The van der Waals surface area contributed by atoms with E-state index in [4.69, 9.17) is 37.3 Å². The molecule has 2 aromatic heterocycles. The summed E-state index contributed by atoms with van der Waals surface area (Å²) in [5.74, 6) is -5.61. The van der Waals surface area contributed by atoms with E-state index in [1.807, 2.05) is 0 Å². The van der Waals surface area contributed by atoms with Gasteiger partial charge in [0.25, 0.3) is 0 Å². The van der Waals surface area contributed by atoms with E-state index in [2.05, 4.69) is 5.32 Å². The molecule has 0 aliphatic carbocycles. The third-order valence-corrected chi connectivity index (χ3v) is 10.7. The highest BCUT2D eigenvalue weighted by Crippen LogP contribution is 2.49. The van der Waals surface area contributed by atoms with Gasteiger partial charge in [-0.05, 0) is 42.5 Å². The molecule has 0 bridgehead atoms. The number of amides is 1. The molecule has 1 amide bonds. The van der Waals surface area contributed by atoms with E-state index >= 15 is 0 Å². The van der Waals surface area contributed by atoms with Crippen molar-refractivity contribution in [2.45, 2.75) is 49.6 Å². The second kappa shape index (κ2) is 17.9. The minimum absolute atomic E-state index is 0.00583. The van der Waals surface area contributed by atoms with Crippen molar-refractivity contribution >= 4 is 33.8 Å². The second-order valence-electron chi connectivity index (χ2n) is 14.8. The summed E-state index contributed by atoms with van der Waals surface area (Å²) in [6, 6.07) is 15.3. The number of benzene rings is 4. The number of aliphatic hydroxyl groups is 4. The Labute approximate surface area is 362 Å². The predicted octanol–water partition coefficient (Wildman–Crippen LogP) is 2.95. The van der Waals surface area contributed by atoms with E-state index < -0.39 is 83.5 Å². The van der Waals surface area contributed by atoms with Crippen LogP contribution in [0.5, 0.6) is 34.5 Å². The Hall–Kier alpha value is -7.16. The third-order valence-electron chi connectivity index (χ3n) is 10.7. The number of aliphatic hydroxyl groups excluding tert-OH is 4. The van der Waals surface area contributed by atoms with Crippen molar-refractivity contribution in [3.63, 3.8) is 0 Å². The Morgan fingerprint density at radius 2 is 1.44 bits per heavy atom. The normalized spacial score (nSPS) is 19.4. The Morgan fingerprint density at radius 3 is 2.06 bits per heavy atom. The van der Waals surface area contributed by atoms with Crippen LogP contribution in [0.4, 0.5) is 0 Å². The SMILES string of the molecule is COC(=O)[C@@]1(Oc2cc(O)c3c(=O)cc(-c4ccc(OC)cc4)oc3c2-c2cc(-c3cc(=O)c4c(O)cc(OC)cc4o3)ccc2OC)C[C@H](O)[C@@H](NC(C)=O)[C@H]([C@@H](O)[C@@H](O)CO)O1. The van der Waals surface area contributed by atoms with E-state index in [9.17, 15) is 49.8 Å². The van der Waals surface area contributed by atoms with E-state index in [1.165, 1.54) is 51.7 Å². The Kier molecular flexibility index (Phi) is 12.6. The zero-order chi connectivity index (χ0) is 46.2. The maximum atomic E-state index is 14.0. The first-order valence-electron chi connectivity index (χ1n) is 19.5. The van der Waals surface area contributed by atoms with Crippen LogP contribution in [0.2, 0.25) is 0 Å². The average molecular weight is 886 g/mol. The molecule has 6 atom stereocenters. The average Bonchev–Trinajstić information content (AvgIpc) is 3.28. The largest absolute Gasteiger partial charge is 0.507 e. The number of hydrogen-bond donors (Lipinski definition) is 7. The lowest BCUT2D eigenvalue weighted by Gasteiger charge is -2.47. The van der Waals surface area contributed by atoms with Crippen molar-refractivity contribution in [1.82, 2.24) is 5.32 Å². The zero-order valence-electron chi connectivity index (χ0n) is 34.8. The van der Waals surface area contributed by atoms with E-state index in [-0.39, 0.29) is 67.4 Å². The highest BCUT2D eigenvalue weighted by molar-refractivity contribution is 6.02. The van der Waals surface area contributed by atoms with Crippen LogP contribution in [-0.2, 0) is 19.1 Å². The van der Waals surface area contributed by atoms with Crippen molar-refractivity contribution in [1.29, 1.82) is 0 Å². The molecule has 1 aliphatic rings. The molecule has 0 radical (unpaired) electrons. The summed E-state index contributed by atoms with van der Waals surface area (Å²) < 4.78 is 46.6. The topological polar surface area (TPSA) is 283 Å². The zero-order valence-corrected chi connectivity index (χ0v) is 34.8. The summed E-state index contributed by atoms with van der Waals surface area (Å²) >= 11 is 0. The van der Waals surface area contributed by atoms with Crippen molar-refractivity contribution in [3.8, 4) is 68.3 Å². The van der Waals surface area contributed by atoms with Gasteiger partial charge >= 0.3 is 11.8 Å². The molecular weight excluding hydrogens is 842 g/mol. The summed E-state index contributed by atoms with van der Waals surface area (Å²) in [6.07, 6.45) is -8.43. The molecule has 4 aromatic carbocycles. The molecule has 19 nitrogen and oxygen atoms in total. The minimum Gasteiger partial charge on any atom is -0.507 e. The van der Waals surface area contributed by atoms with Gasteiger partial charge in [0.05, 0.1) is 59.2 Å². The van der Waals surface area contributed by atoms with Crippen molar-refractivity contribution in [2.75, 3.05) is 35.0 Å². The summed E-state index contributed by atoms with van der Waals surface area (Å²) in [5, 5.41) is 67.2. The third kappa shape index (κ3) is 8.25. The molecule has 7 rings (SSSR count). The maximum Gasteiger partial charge on any atom is 0.379 e. The van der Waals surface area contributed by atoms with Gasteiger partial charge in [0.1, 0.15) is 80.7 Å². The van der Waals surface area contributed by atoms with Crippen LogP contribution in [0.15, 0.2) is 91.2 Å². The van der Waals surface area contributed by atoms with Gasteiger partial charge in [-0.25, -0.2) is 4.79 Å². The first-order chi connectivity index (χ1) is 30.6. The molecule has 7 N–H and O–H groups in total. The molecule has 1 fully saturated rings. The number of methoxy groups -OCH3 is 4. The summed E-state index contributed by atoms with van der Waals surface area (Å²) in [4.78, 5) is 53.7. The van der Waals surface area contributed by atoms with Gasteiger partial charge in [-0.15, -0.1) is 0 Å². The maximum absolute atomic E-state index is 14.0. The fraction of sp³-hybridized carbons (Fsp3) is 0.289. The molecule has 1 aliphatic heterocycles. The van der Waals surface area contributed by atoms with E-state index in [1.54, 1.807) is 24.3 Å². The number of carbonyl (C=O) groups excluding carboxylic acids is 2. The van der Waals surface area contributed by atoms with Crippen molar-refractivity contribution in [3.05, 3.63) is 93.2 Å². The molecular formula is C45H43NO18. The fourth-order valence-electron chi connectivity index (χ4n) is 7.64. The number of rotatable bonds is 13. The quantitative estimate of drug-likeness (QED) is 0.0821. The van der Waals surface area contributed by atoms with Gasteiger partial charge in [-0.1, -0.05) is 0 Å². The summed E-state index contributed by atoms with van der Waals surface area (Å²) in [7, 11) is 5.13. The molecule has 1 saturated heterocycles. The van der Waals surface area contributed by atoms with Gasteiger partial charge in [0, 0.05) is 53.9 Å². The fourth-order valence-corrected chi connectivity index (χ4v) is 7.64. The van der Waals surface area contributed by atoms with Gasteiger partial charge in [0.2, 0.25) is 5.91 Å². The number of esters is 1.